The number of benzene rings is 2. The van der Waals surface area contributed by atoms with Crippen LogP contribution in [-0.4, -0.2) is 28.0 Å². The van der Waals surface area contributed by atoms with E-state index >= 15 is 0 Å². The third-order valence-electron chi connectivity index (χ3n) is 5.17. The Kier molecular flexibility index (Phi) is 6.02. The molecule has 1 atom stereocenters. The van der Waals surface area contributed by atoms with Crippen LogP contribution in [0.4, 0.5) is 5.69 Å². The van der Waals surface area contributed by atoms with Gasteiger partial charge in [-0.15, -0.1) is 11.3 Å². The highest BCUT2D eigenvalue weighted by Crippen LogP contribution is 2.47. The van der Waals surface area contributed by atoms with Crippen molar-refractivity contribution in [1.29, 1.82) is 0 Å². The minimum Gasteiger partial charge on any atom is -0.497 e. The fourth-order valence-corrected chi connectivity index (χ4v) is 6.55. The molecule has 1 unspecified atom stereocenters. The Hall–Kier alpha value is -2.84. The van der Waals surface area contributed by atoms with E-state index in [0.29, 0.717) is 18.0 Å². The summed E-state index contributed by atoms with van der Waals surface area (Å²) in [4.78, 5) is 13.7. The van der Waals surface area contributed by atoms with Gasteiger partial charge in [-0.3, -0.25) is 4.79 Å². The minimum atomic E-state index is -3.81. The maximum atomic E-state index is 13.3. The van der Waals surface area contributed by atoms with Crippen LogP contribution in [0.5, 0.6) is 11.5 Å². The highest BCUT2D eigenvalue weighted by atomic mass is 32.2. The number of ether oxygens (including phenoxy) is 2. The van der Waals surface area contributed by atoms with Crippen molar-refractivity contribution < 1.29 is 22.7 Å². The third kappa shape index (κ3) is 4.05. The maximum Gasteiger partial charge on any atom is 0.225 e. The lowest BCUT2D eigenvalue weighted by Crippen LogP contribution is -2.23. The fraction of sp³-hybridized carbons (Fsp3) is 0.261. The van der Waals surface area contributed by atoms with Crippen molar-refractivity contribution in [2.75, 3.05) is 19.0 Å². The van der Waals surface area contributed by atoms with Crippen molar-refractivity contribution in [1.82, 2.24) is 0 Å². The molecular formula is C23H23NO5S2. The molecule has 0 saturated heterocycles. The Morgan fingerprint density at radius 2 is 1.87 bits per heavy atom. The largest absolute Gasteiger partial charge is 0.497 e. The maximum absolute atomic E-state index is 13.3. The number of carbonyl (C=O) groups is 1. The summed E-state index contributed by atoms with van der Waals surface area (Å²) < 4.78 is 37.6. The van der Waals surface area contributed by atoms with E-state index in [1.807, 2.05) is 31.2 Å². The summed E-state index contributed by atoms with van der Waals surface area (Å²) in [6.45, 7) is 2.61. The molecule has 31 heavy (non-hydrogen) atoms. The van der Waals surface area contributed by atoms with Crippen LogP contribution in [0, 0.1) is 0 Å². The zero-order valence-electron chi connectivity index (χ0n) is 17.3. The first-order valence-electron chi connectivity index (χ1n) is 9.97. The van der Waals surface area contributed by atoms with Crippen molar-refractivity contribution in [2.45, 2.75) is 35.5 Å². The molecule has 1 N–H and O–H groups in total. The number of anilines is 1. The van der Waals surface area contributed by atoms with Crippen LogP contribution in [0.25, 0.3) is 0 Å². The van der Waals surface area contributed by atoms with Crippen molar-refractivity contribution in [3.63, 3.8) is 0 Å². The smallest absolute Gasteiger partial charge is 0.225 e. The van der Waals surface area contributed by atoms with E-state index in [1.54, 1.807) is 17.5 Å². The Labute approximate surface area is 185 Å². The van der Waals surface area contributed by atoms with Gasteiger partial charge in [0.2, 0.25) is 15.7 Å². The van der Waals surface area contributed by atoms with E-state index in [1.165, 1.54) is 30.6 Å². The van der Waals surface area contributed by atoms with Gasteiger partial charge in [0.15, 0.2) is 0 Å². The zero-order chi connectivity index (χ0) is 22.0. The van der Waals surface area contributed by atoms with Crippen LogP contribution in [-0.2, 0) is 14.6 Å². The first-order chi connectivity index (χ1) is 15.0. The van der Waals surface area contributed by atoms with Gasteiger partial charge >= 0.3 is 0 Å². The average Bonchev–Trinajstić information content (AvgIpc) is 3.22. The van der Waals surface area contributed by atoms with Crippen LogP contribution >= 0.6 is 11.3 Å². The second-order valence-corrected chi connectivity index (χ2v) is 10.0. The van der Waals surface area contributed by atoms with Crippen molar-refractivity contribution >= 4 is 32.8 Å². The SMILES string of the molecule is CCCOc1ccccc1C1CC(=O)Nc2c(S(=O)(=O)c3ccc(OC)cc3)csc21. The summed E-state index contributed by atoms with van der Waals surface area (Å²) in [5.74, 6) is 0.820. The van der Waals surface area contributed by atoms with E-state index in [4.69, 9.17) is 9.47 Å². The van der Waals surface area contributed by atoms with Crippen LogP contribution in [0.3, 0.4) is 0 Å². The number of thiophene rings is 1. The second kappa shape index (κ2) is 8.72. The number of hydrogen-bond donors (Lipinski definition) is 1. The molecule has 2 aromatic carbocycles. The number of fused-ring (bicyclic) bond motifs is 1. The molecule has 3 aromatic rings. The van der Waals surface area contributed by atoms with Gasteiger partial charge in [-0.1, -0.05) is 25.1 Å². The van der Waals surface area contributed by atoms with Crippen molar-refractivity contribution in [3.05, 3.63) is 64.4 Å². The molecular weight excluding hydrogens is 434 g/mol. The van der Waals surface area contributed by atoms with Crippen LogP contribution < -0.4 is 14.8 Å². The molecule has 0 radical (unpaired) electrons. The molecule has 1 amide bonds. The van der Waals surface area contributed by atoms with Gasteiger partial charge < -0.3 is 14.8 Å². The van der Waals surface area contributed by atoms with Gasteiger partial charge in [0.1, 0.15) is 16.4 Å². The highest BCUT2D eigenvalue weighted by Gasteiger charge is 2.35. The predicted molar refractivity (Wildman–Crippen MR) is 120 cm³/mol. The van der Waals surface area contributed by atoms with Gasteiger partial charge in [0.25, 0.3) is 0 Å². The molecule has 1 aliphatic rings. The van der Waals surface area contributed by atoms with Gasteiger partial charge in [0, 0.05) is 28.2 Å². The van der Waals surface area contributed by atoms with Gasteiger partial charge in [-0.05, 0) is 36.8 Å². The monoisotopic (exact) mass is 457 g/mol. The normalized spacial score (nSPS) is 15.8. The molecule has 1 aliphatic heterocycles. The average molecular weight is 458 g/mol. The Bertz CT molecular complexity index is 1200. The summed E-state index contributed by atoms with van der Waals surface area (Å²) in [5.41, 5.74) is 1.26. The zero-order valence-corrected chi connectivity index (χ0v) is 18.9. The first kappa shape index (κ1) is 21.4. The molecule has 8 heteroatoms. The number of methoxy groups -OCH3 is 1. The molecule has 2 heterocycles. The summed E-state index contributed by atoms with van der Waals surface area (Å²) in [6.07, 6.45) is 1.11. The van der Waals surface area contributed by atoms with E-state index < -0.39 is 9.84 Å². The highest BCUT2D eigenvalue weighted by molar-refractivity contribution is 7.91. The number of para-hydroxylation sites is 1. The van der Waals surface area contributed by atoms with E-state index in [2.05, 4.69) is 5.32 Å². The Balaban J connectivity index is 1.77. The number of amides is 1. The Morgan fingerprint density at radius 1 is 1.13 bits per heavy atom. The van der Waals surface area contributed by atoms with E-state index in [9.17, 15) is 13.2 Å². The van der Waals surface area contributed by atoms with Gasteiger partial charge in [-0.25, -0.2) is 8.42 Å². The number of sulfone groups is 1. The Morgan fingerprint density at radius 3 is 2.58 bits per heavy atom. The molecule has 1 aromatic heterocycles. The van der Waals surface area contributed by atoms with E-state index in [-0.39, 0.29) is 28.0 Å². The van der Waals surface area contributed by atoms with Crippen molar-refractivity contribution in [2.24, 2.45) is 0 Å². The molecule has 0 bridgehead atoms. The molecule has 0 saturated carbocycles. The predicted octanol–water partition coefficient (Wildman–Crippen LogP) is 4.85. The lowest BCUT2D eigenvalue weighted by Gasteiger charge is -2.25. The number of rotatable bonds is 7. The van der Waals surface area contributed by atoms with Gasteiger partial charge in [0.05, 0.1) is 24.3 Å². The molecule has 0 fully saturated rings. The van der Waals surface area contributed by atoms with Crippen molar-refractivity contribution in [3.8, 4) is 11.5 Å². The first-order valence-corrected chi connectivity index (χ1v) is 12.3. The summed E-state index contributed by atoms with van der Waals surface area (Å²) in [6, 6.07) is 13.9. The van der Waals surface area contributed by atoms with Crippen LogP contribution in [0.15, 0.2) is 63.7 Å². The third-order valence-corrected chi connectivity index (χ3v) is 8.21. The quantitative estimate of drug-likeness (QED) is 0.548. The lowest BCUT2D eigenvalue weighted by atomic mass is 9.90. The molecule has 4 rings (SSSR count). The minimum absolute atomic E-state index is 0.114. The van der Waals surface area contributed by atoms with Crippen LogP contribution in [0.1, 0.15) is 36.1 Å². The lowest BCUT2D eigenvalue weighted by molar-refractivity contribution is -0.116. The summed E-state index contributed by atoms with van der Waals surface area (Å²) >= 11 is 1.34. The molecule has 6 nitrogen and oxygen atoms in total. The number of carbonyl (C=O) groups excluding carboxylic acids is 1. The summed E-state index contributed by atoms with van der Waals surface area (Å²) in [7, 11) is -2.28. The van der Waals surface area contributed by atoms with Crippen LogP contribution in [0.2, 0.25) is 0 Å². The standard InChI is InChI=1S/C23H23NO5S2/c1-3-12-29-19-7-5-4-6-17(19)18-13-21(25)24-22-20(14-30-23(18)22)31(26,27)16-10-8-15(28-2)9-11-16/h4-11,14,18H,3,12-13H2,1-2H3,(H,24,25). The van der Waals surface area contributed by atoms with E-state index in [0.717, 1.165) is 22.6 Å². The molecule has 162 valence electrons. The second-order valence-electron chi connectivity index (χ2n) is 7.21. The molecule has 0 aliphatic carbocycles. The summed E-state index contributed by atoms with van der Waals surface area (Å²) in [5, 5.41) is 4.41. The fourth-order valence-electron chi connectivity index (χ4n) is 3.65. The molecule has 0 spiro atoms. The topological polar surface area (TPSA) is 81.7 Å². The number of hydrogen-bond acceptors (Lipinski definition) is 6. The van der Waals surface area contributed by atoms with Gasteiger partial charge in [-0.2, -0.15) is 0 Å². The number of nitrogens with one attached hydrogen (secondary N) is 1.